The maximum Gasteiger partial charge on any atom is 0.338 e. The SMILES string of the molecule is CC(C)=CCOc1cc2oc(=O)ccc2cc1O.O=C(OC1Cc2c(O)cc(O)cc2OC1c1ccc(O)c(O)c1)c1cc(O)c(O)c(O)c1. The molecule has 0 amide bonds. The molecule has 6 rings (SSSR count). The van der Waals surface area contributed by atoms with Gasteiger partial charge in [0.15, 0.2) is 46.4 Å². The Morgan fingerprint density at radius 3 is 2.20 bits per heavy atom. The lowest BCUT2D eigenvalue weighted by Crippen LogP contribution is -2.34. The third-order valence-electron chi connectivity index (χ3n) is 7.49. The minimum Gasteiger partial charge on any atom is -0.508 e. The zero-order valence-corrected chi connectivity index (χ0v) is 26.5. The minimum atomic E-state index is -1.06. The molecular weight excluding hydrogens is 656 g/mol. The Bertz CT molecular complexity index is 2140. The van der Waals surface area contributed by atoms with E-state index >= 15 is 0 Å². The lowest BCUT2D eigenvalue weighted by atomic mass is 9.93. The Kier molecular flexibility index (Phi) is 9.83. The molecule has 8 N–H and O–H groups in total. The van der Waals surface area contributed by atoms with Crippen LogP contribution in [0, 0.1) is 0 Å². The molecule has 1 aromatic heterocycles. The zero-order chi connectivity index (χ0) is 36.3. The Hall–Kier alpha value is -6.70. The average Bonchev–Trinajstić information content (AvgIpc) is 3.05. The van der Waals surface area contributed by atoms with E-state index in [0.29, 0.717) is 28.9 Å². The van der Waals surface area contributed by atoms with Gasteiger partial charge in [0.1, 0.15) is 35.5 Å². The molecule has 14 heteroatoms. The molecule has 0 fully saturated rings. The average molecular weight is 689 g/mol. The first-order valence-electron chi connectivity index (χ1n) is 14.9. The van der Waals surface area contributed by atoms with Crippen LogP contribution in [0.3, 0.4) is 0 Å². The van der Waals surface area contributed by atoms with Crippen molar-refractivity contribution in [2.75, 3.05) is 6.61 Å². The van der Waals surface area contributed by atoms with Gasteiger partial charge in [-0.05, 0) is 56.3 Å². The molecular formula is C36H32O14. The number of allylic oxidation sites excluding steroid dienone is 1. The lowest BCUT2D eigenvalue weighted by Gasteiger charge is -2.34. The van der Waals surface area contributed by atoms with Crippen molar-refractivity contribution in [3.63, 3.8) is 0 Å². The van der Waals surface area contributed by atoms with E-state index in [9.17, 15) is 50.4 Å². The molecule has 50 heavy (non-hydrogen) atoms. The monoisotopic (exact) mass is 688 g/mol. The van der Waals surface area contributed by atoms with Crippen molar-refractivity contribution >= 4 is 16.9 Å². The number of hydrogen-bond acceptors (Lipinski definition) is 14. The molecule has 0 spiro atoms. The van der Waals surface area contributed by atoms with Gasteiger partial charge >= 0.3 is 11.6 Å². The van der Waals surface area contributed by atoms with E-state index < -0.39 is 46.8 Å². The number of hydrogen-bond donors (Lipinski definition) is 8. The second-order valence-corrected chi connectivity index (χ2v) is 11.4. The first-order valence-corrected chi connectivity index (χ1v) is 14.9. The summed E-state index contributed by atoms with van der Waals surface area (Å²) in [5, 5.41) is 78.7. The Morgan fingerprint density at radius 2 is 1.52 bits per heavy atom. The number of phenolic OH excluding ortho intramolecular Hbond substituents is 8. The lowest BCUT2D eigenvalue weighted by molar-refractivity contribution is -0.0189. The predicted octanol–water partition coefficient (Wildman–Crippen LogP) is 5.37. The molecule has 0 bridgehead atoms. The van der Waals surface area contributed by atoms with Crippen LogP contribution in [0.25, 0.3) is 11.0 Å². The van der Waals surface area contributed by atoms with Gasteiger partial charge in [-0.2, -0.15) is 0 Å². The van der Waals surface area contributed by atoms with Gasteiger partial charge in [0.25, 0.3) is 0 Å². The number of ether oxygens (including phenoxy) is 3. The van der Waals surface area contributed by atoms with E-state index in [1.807, 2.05) is 19.9 Å². The fourth-order valence-electron chi connectivity index (χ4n) is 4.98. The van der Waals surface area contributed by atoms with Crippen molar-refractivity contribution < 1.29 is 64.3 Å². The highest BCUT2D eigenvalue weighted by molar-refractivity contribution is 5.91. The topological polar surface area (TPSA) is 237 Å². The smallest absolute Gasteiger partial charge is 0.338 e. The van der Waals surface area contributed by atoms with Crippen LogP contribution in [0.15, 0.2) is 87.6 Å². The van der Waals surface area contributed by atoms with Gasteiger partial charge in [0.2, 0.25) is 0 Å². The highest BCUT2D eigenvalue weighted by atomic mass is 16.6. The molecule has 2 atom stereocenters. The largest absolute Gasteiger partial charge is 0.508 e. The van der Waals surface area contributed by atoms with Crippen LogP contribution in [-0.4, -0.2) is 59.5 Å². The Labute approximate surface area is 283 Å². The Balaban J connectivity index is 0.000000228. The third kappa shape index (κ3) is 7.71. The Morgan fingerprint density at radius 1 is 0.800 bits per heavy atom. The number of esters is 1. The van der Waals surface area contributed by atoms with Crippen molar-refractivity contribution in [3.8, 4) is 57.5 Å². The number of aromatic hydroxyl groups is 8. The number of benzene rings is 4. The summed E-state index contributed by atoms with van der Waals surface area (Å²) in [5.74, 6) is -4.10. The molecule has 4 aromatic carbocycles. The van der Waals surface area contributed by atoms with E-state index in [1.165, 1.54) is 42.5 Å². The fourth-order valence-corrected chi connectivity index (χ4v) is 4.98. The molecule has 260 valence electrons. The quantitative estimate of drug-likeness (QED) is 0.0485. The van der Waals surface area contributed by atoms with Gasteiger partial charge in [-0.3, -0.25) is 0 Å². The number of rotatable bonds is 6. The predicted molar refractivity (Wildman–Crippen MR) is 176 cm³/mol. The van der Waals surface area contributed by atoms with Gasteiger partial charge in [-0.15, -0.1) is 0 Å². The van der Waals surface area contributed by atoms with E-state index in [-0.39, 0.29) is 46.3 Å². The second kappa shape index (κ2) is 14.2. The molecule has 0 radical (unpaired) electrons. The molecule has 0 saturated carbocycles. The van der Waals surface area contributed by atoms with Crippen molar-refractivity contribution in [2.24, 2.45) is 0 Å². The maximum atomic E-state index is 12.7. The summed E-state index contributed by atoms with van der Waals surface area (Å²) < 4.78 is 21.8. The van der Waals surface area contributed by atoms with E-state index in [0.717, 1.165) is 23.8 Å². The zero-order valence-electron chi connectivity index (χ0n) is 26.5. The first kappa shape index (κ1) is 34.6. The number of phenols is 8. The maximum absolute atomic E-state index is 12.7. The molecule has 0 aliphatic carbocycles. The van der Waals surface area contributed by atoms with Crippen molar-refractivity contribution in [3.05, 3.63) is 105 Å². The first-order chi connectivity index (χ1) is 23.7. The number of carbonyl (C=O) groups excluding carboxylic acids is 1. The number of fused-ring (bicyclic) bond motifs is 2. The summed E-state index contributed by atoms with van der Waals surface area (Å²) >= 11 is 0. The third-order valence-corrected chi connectivity index (χ3v) is 7.49. The van der Waals surface area contributed by atoms with Crippen molar-refractivity contribution in [1.29, 1.82) is 0 Å². The molecule has 1 aliphatic rings. The van der Waals surface area contributed by atoms with Gasteiger partial charge in [-0.1, -0.05) is 11.6 Å². The minimum absolute atomic E-state index is 0.0264. The molecule has 2 heterocycles. The van der Waals surface area contributed by atoms with Gasteiger partial charge in [-0.25, -0.2) is 9.59 Å². The summed E-state index contributed by atoms with van der Waals surface area (Å²) in [5.41, 5.74) is 1.42. The molecule has 0 saturated heterocycles. The van der Waals surface area contributed by atoms with Crippen LogP contribution in [0.5, 0.6) is 57.5 Å². The van der Waals surface area contributed by atoms with Gasteiger partial charge in [0.05, 0.1) is 5.56 Å². The summed E-state index contributed by atoms with van der Waals surface area (Å²) in [6, 6.07) is 14.0. The second-order valence-electron chi connectivity index (χ2n) is 11.4. The standard InChI is InChI=1S/C22H18O10.C14H14O4/c23-11-6-14(25)12-8-19(32-22(30)10-4-16(27)20(29)17(28)5-10)21(31-18(12)7-11)9-1-2-13(24)15(26)3-9;1-9(2)5-6-17-13-8-12-10(7-11(13)15)3-4-14(16)18-12/h1-7,19,21,23-29H,8H2;3-5,7-8,15H,6H2,1-2H3. The fraction of sp³-hybridized carbons (Fsp3) is 0.167. The van der Waals surface area contributed by atoms with Gasteiger partial charge < -0.3 is 59.5 Å². The van der Waals surface area contributed by atoms with E-state index in [4.69, 9.17) is 18.6 Å². The molecule has 2 unspecified atom stereocenters. The van der Waals surface area contributed by atoms with E-state index in [2.05, 4.69) is 0 Å². The summed E-state index contributed by atoms with van der Waals surface area (Å²) in [4.78, 5) is 23.8. The highest BCUT2D eigenvalue weighted by Gasteiger charge is 2.37. The number of carbonyl (C=O) groups is 1. The molecule has 14 nitrogen and oxygen atoms in total. The van der Waals surface area contributed by atoms with Crippen LogP contribution in [0.2, 0.25) is 0 Å². The summed E-state index contributed by atoms with van der Waals surface area (Å²) in [7, 11) is 0. The van der Waals surface area contributed by atoms with Gasteiger partial charge in [0, 0.05) is 47.2 Å². The van der Waals surface area contributed by atoms with Crippen LogP contribution >= 0.6 is 0 Å². The van der Waals surface area contributed by atoms with Crippen molar-refractivity contribution in [1.82, 2.24) is 0 Å². The van der Waals surface area contributed by atoms with Crippen LogP contribution < -0.4 is 15.1 Å². The highest BCUT2D eigenvalue weighted by Crippen LogP contribution is 2.44. The van der Waals surface area contributed by atoms with Crippen LogP contribution in [0.4, 0.5) is 0 Å². The van der Waals surface area contributed by atoms with Crippen molar-refractivity contribution in [2.45, 2.75) is 32.5 Å². The molecule has 1 aliphatic heterocycles. The normalized spacial score (nSPS) is 14.8. The summed E-state index contributed by atoms with van der Waals surface area (Å²) in [6.07, 6.45) is -0.230. The molecule has 5 aromatic rings. The van der Waals surface area contributed by atoms with Crippen LogP contribution in [0.1, 0.15) is 41.4 Å². The van der Waals surface area contributed by atoms with Crippen LogP contribution in [-0.2, 0) is 11.2 Å². The van der Waals surface area contributed by atoms with E-state index in [1.54, 1.807) is 6.07 Å². The summed E-state index contributed by atoms with van der Waals surface area (Å²) in [6.45, 7) is 4.28.